The lowest BCUT2D eigenvalue weighted by molar-refractivity contribution is -0.140. The summed E-state index contributed by atoms with van der Waals surface area (Å²) in [7, 11) is -2.53. The predicted octanol–water partition coefficient (Wildman–Crippen LogP) is 9.62. The highest BCUT2D eigenvalue weighted by Crippen LogP contribution is 2.43. The number of Topliss-reactive ketones (excluding diaryl/α,β-unsaturated/α-hetero) is 1. The van der Waals surface area contributed by atoms with Gasteiger partial charge in [0.25, 0.3) is 0 Å². The second-order valence-corrected chi connectivity index (χ2v) is 24.6. The molecule has 0 bridgehead atoms. The van der Waals surface area contributed by atoms with E-state index in [-0.39, 0.29) is 40.1 Å². The van der Waals surface area contributed by atoms with E-state index in [4.69, 9.17) is 13.6 Å². The molecule has 4 atom stereocenters. The highest BCUT2D eigenvalue weighted by Gasteiger charge is 2.47. The molecule has 0 aromatic heterocycles. The van der Waals surface area contributed by atoms with E-state index in [1.807, 2.05) is 0 Å². The highest BCUT2D eigenvalue weighted by molar-refractivity contribution is 6.74. The van der Waals surface area contributed by atoms with Crippen LogP contribution < -0.4 is 0 Å². The van der Waals surface area contributed by atoms with Crippen molar-refractivity contribution >= 4 is 28.4 Å². The van der Waals surface area contributed by atoms with Gasteiger partial charge in [0.2, 0.25) is 0 Å². The van der Waals surface area contributed by atoms with Gasteiger partial charge < -0.3 is 13.6 Å². The van der Waals surface area contributed by atoms with Crippen LogP contribution in [0.25, 0.3) is 0 Å². The summed E-state index contributed by atoms with van der Waals surface area (Å²) < 4.78 is 18.6. The summed E-state index contributed by atoms with van der Waals surface area (Å²) in [5.74, 6) is 0.292. The first-order valence-corrected chi connectivity index (χ1v) is 21.8. The zero-order valence-corrected chi connectivity index (χ0v) is 30.3. The molecule has 0 saturated heterocycles. The largest absolute Gasteiger partial charge is 0.469 e. The first-order valence-electron chi connectivity index (χ1n) is 16.0. The third kappa shape index (κ3) is 11.8. The third-order valence-electron chi connectivity index (χ3n) is 9.73. The zero-order valence-electron chi connectivity index (χ0n) is 28.3. The quantitative estimate of drug-likeness (QED) is 0.0724. The number of esters is 1. The normalized spacial score (nSPS) is 21.8. The molecule has 1 fully saturated rings. The Kier molecular flexibility index (Phi) is 15.1. The fourth-order valence-corrected chi connectivity index (χ4v) is 7.59. The Morgan fingerprint density at radius 1 is 0.925 bits per heavy atom. The molecule has 40 heavy (non-hydrogen) atoms. The molecule has 1 saturated carbocycles. The van der Waals surface area contributed by atoms with Crippen LogP contribution in [0.15, 0.2) is 12.2 Å². The number of rotatable bonds is 17. The number of ether oxygens (including phenoxy) is 1. The Hall–Kier alpha value is -0.766. The van der Waals surface area contributed by atoms with Gasteiger partial charge in [0, 0.05) is 24.7 Å². The van der Waals surface area contributed by atoms with Gasteiger partial charge in [-0.3, -0.25) is 9.59 Å². The van der Waals surface area contributed by atoms with Crippen molar-refractivity contribution in [2.45, 2.75) is 168 Å². The number of unbranched alkanes of at least 4 members (excludes halogenated alkanes) is 5. The van der Waals surface area contributed by atoms with Crippen molar-refractivity contribution in [1.82, 2.24) is 0 Å². The van der Waals surface area contributed by atoms with Gasteiger partial charge in [0.05, 0.1) is 19.3 Å². The summed E-state index contributed by atoms with van der Waals surface area (Å²) in [6, 6.07) is 0. The van der Waals surface area contributed by atoms with Gasteiger partial charge in [-0.15, -0.1) is 0 Å². The zero-order chi connectivity index (χ0) is 30.8. The van der Waals surface area contributed by atoms with E-state index in [0.29, 0.717) is 18.6 Å². The molecule has 0 N–H and O–H groups in total. The smallest absolute Gasteiger partial charge is 0.305 e. The number of methoxy groups -OCH3 is 1. The molecule has 1 aliphatic carbocycles. The second kappa shape index (κ2) is 16.2. The van der Waals surface area contributed by atoms with Crippen LogP contribution in [-0.4, -0.2) is 47.7 Å². The molecule has 0 amide bonds. The lowest BCUT2D eigenvalue weighted by Gasteiger charge is -2.40. The van der Waals surface area contributed by atoms with Crippen LogP contribution in [0.4, 0.5) is 0 Å². The Labute approximate surface area is 249 Å². The minimum atomic E-state index is -2.03. The minimum Gasteiger partial charge on any atom is -0.469 e. The van der Waals surface area contributed by atoms with Gasteiger partial charge in [-0.2, -0.15) is 0 Å². The van der Waals surface area contributed by atoms with Crippen LogP contribution >= 0.6 is 0 Å². The molecule has 0 spiro atoms. The van der Waals surface area contributed by atoms with Crippen LogP contribution in [0.3, 0.4) is 0 Å². The average molecular weight is 597 g/mol. The maximum atomic E-state index is 13.4. The molecular formula is C33H64O5Si2. The van der Waals surface area contributed by atoms with E-state index in [0.717, 1.165) is 44.9 Å². The third-order valence-corrected chi connectivity index (χ3v) is 18.7. The van der Waals surface area contributed by atoms with Crippen molar-refractivity contribution in [3.63, 3.8) is 0 Å². The van der Waals surface area contributed by atoms with E-state index in [1.165, 1.54) is 20.0 Å². The van der Waals surface area contributed by atoms with Crippen LogP contribution in [0.5, 0.6) is 0 Å². The maximum Gasteiger partial charge on any atom is 0.305 e. The first kappa shape index (κ1) is 37.3. The molecular weight excluding hydrogens is 533 g/mol. The highest BCUT2D eigenvalue weighted by atomic mass is 28.4. The van der Waals surface area contributed by atoms with Crippen LogP contribution in [-0.2, 0) is 23.2 Å². The molecule has 1 rings (SSSR count). The number of hydrogen-bond acceptors (Lipinski definition) is 5. The molecule has 0 heterocycles. The maximum absolute atomic E-state index is 13.4. The summed E-state index contributed by atoms with van der Waals surface area (Å²) in [6.07, 6.45) is 14.9. The molecule has 1 aliphatic rings. The average Bonchev–Trinajstić information content (AvgIpc) is 3.10. The topological polar surface area (TPSA) is 61.8 Å². The van der Waals surface area contributed by atoms with E-state index >= 15 is 0 Å². The van der Waals surface area contributed by atoms with Crippen LogP contribution in [0, 0.1) is 11.8 Å². The lowest BCUT2D eigenvalue weighted by Crippen LogP contribution is -2.45. The second-order valence-electron chi connectivity index (χ2n) is 15.1. The van der Waals surface area contributed by atoms with Crippen LogP contribution in [0.1, 0.15) is 119 Å². The Morgan fingerprint density at radius 3 is 2.08 bits per heavy atom. The number of carbonyl (C=O) groups excluding carboxylic acids is 2. The standard InChI is InChI=1S/C33H64O5Si2/c1-13-14-17-20-26(37-39(9,10)32(2,3)4)23-24-28-27(21-18-15-16-19-22-31(35)36-8)29(34)25-30(28)38-40(11,12)33(5,6)7/h23-24,26-28,30H,13-22,25H2,1-12H3/b24-23+/t26-,27-,28+,30+/m0/s1. The summed E-state index contributed by atoms with van der Waals surface area (Å²) >= 11 is 0. The number of carbonyl (C=O) groups is 2. The Bertz CT molecular complexity index is 807. The van der Waals surface area contributed by atoms with E-state index in [2.05, 4.69) is 86.8 Å². The Morgan fingerprint density at radius 2 is 1.52 bits per heavy atom. The summed E-state index contributed by atoms with van der Waals surface area (Å²) in [6.45, 7) is 25.2. The van der Waals surface area contributed by atoms with Crippen molar-refractivity contribution in [2.75, 3.05) is 7.11 Å². The SMILES string of the molecule is CCCCC[C@@H](/C=C/[C@@H]1[C@H](CCCCCCC(=O)OC)C(=O)C[C@H]1O[Si](C)(C)C(C)(C)C)O[Si](C)(C)C(C)(C)C. The number of ketones is 1. The lowest BCUT2D eigenvalue weighted by atomic mass is 9.88. The van der Waals surface area contributed by atoms with Gasteiger partial charge in [-0.25, -0.2) is 0 Å². The van der Waals surface area contributed by atoms with E-state index < -0.39 is 16.6 Å². The summed E-state index contributed by atoms with van der Waals surface area (Å²) in [4.78, 5) is 24.8. The molecule has 0 aromatic carbocycles. The van der Waals surface area contributed by atoms with Crippen molar-refractivity contribution in [2.24, 2.45) is 11.8 Å². The van der Waals surface area contributed by atoms with Gasteiger partial charge in [0.1, 0.15) is 5.78 Å². The molecule has 0 unspecified atom stereocenters. The van der Waals surface area contributed by atoms with Crippen molar-refractivity contribution in [3.8, 4) is 0 Å². The molecule has 234 valence electrons. The monoisotopic (exact) mass is 596 g/mol. The van der Waals surface area contributed by atoms with Gasteiger partial charge in [-0.05, 0) is 55.5 Å². The molecule has 0 aromatic rings. The first-order chi connectivity index (χ1) is 18.4. The van der Waals surface area contributed by atoms with Crippen molar-refractivity contribution < 1.29 is 23.2 Å². The fraction of sp³-hybridized carbons (Fsp3) is 0.879. The molecule has 0 aliphatic heterocycles. The van der Waals surface area contributed by atoms with Crippen LogP contribution in [0.2, 0.25) is 36.3 Å². The van der Waals surface area contributed by atoms with Crippen molar-refractivity contribution in [1.29, 1.82) is 0 Å². The summed E-state index contributed by atoms with van der Waals surface area (Å²) in [5.41, 5.74) is 0. The summed E-state index contributed by atoms with van der Waals surface area (Å²) in [5, 5.41) is 0.244. The van der Waals surface area contributed by atoms with Gasteiger partial charge in [-0.1, -0.05) is 99.1 Å². The van der Waals surface area contributed by atoms with E-state index in [9.17, 15) is 9.59 Å². The Balaban J connectivity index is 3.14. The molecule has 7 heteroatoms. The fourth-order valence-electron chi connectivity index (χ4n) is 4.93. The van der Waals surface area contributed by atoms with Crippen molar-refractivity contribution in [3.05, 3.63) is 12.2 Å². The molecule has 5 nitrogen and oxygen atoms in total. The minimum absolute atomic E-state index is 0.00390. The predicted molar refractivity (Wildman–Crippen MR) is 174 cm³/mol. The van der Waals surface area contributed by atoms with Gasteiger partial charge >= 0.3 is 5.97 Å². The molecule has 0 radical (unpaired) electrons. The van der Waals surface area contributed by atoms with Gasteiger partial charge in [0.15, 0.2) is 16.6 Å². The van der Waals surface area contributed by atoms with E-state index in [1.54, 1.807) is 0 Å². The number of hydrogen-bond donors (Lipinski definition) is 0.